The molecule has 5 heteroatoms. The van der Waals surface area contributed by atoms with Crippen molar-refractivity contribution in [2.24, 2.45) is 0 Å². The molecule has 0 spiro atoms. The lowest BCUT2D eigenvalue weighted by Gasteiger charge is -2.35. The number of hydrogen-bond acceptors (Lipinski definition) is 3. The molecule has 0 saturated carbocycles. The number of benzene rings is 1. The zero-order chi connectivity index (χ0) is 13.8. The van der Waals surface area contributed by atoms with Gasteiger partial charge in [-0.2, -0.15) is 5.26 Å². The van der Waals surface area contributed by atoms with Crippen LogP contribution in [0, 0.1) is 11.3 Å². The van der Waals surface area contributed by atoms with Gasteiger partial charge in [0.15, 0.2) is 0 Å². The first-order valence-electron chi connectivity index (χ1n) is 6.32. The largest absolute Gasteiger partial charge is 0.304 e. The van der Waals surface area contributed by atoms with Crippen LogP contribution >= 0.6 is 0 Å². The summed E-state index contributed by atoms with van der Waals surface area (Å²) in [7, 11) is 2.04. The number of likely N-dealkylation sites (N-methyl/N-ethyl adjacent to an activating group) is 1. The third kappa shape index (κ3) is 3.28. The highest BCUT2D eigenvalue weighted by molar-refractivity contribution is 5.30. The average molecular weight is 265 g/mol. The average Bonchev–Trinajstić information content (AvgIpc) is 2.42. The van der Waals surface area contributed by atoms with Gasteiger partial charge in [-0.3, -0.25) is 4.90 Å². The van der Waals surface area contributed by atoms with Crippen molar-refractivity contribution in [3.8, 4) is 6.07 Å². The molecule has 0 bridgehead atoms. The van der Waals surface area contributed by atoms with Crippen LogP contribution in [0.3, 0.4) is 0 Å². The monoisotopic (exact) mass is 265 g/mol. The van der Waals surface area contributed by atoms with E-state index in [1.165, 1.54) is 12.1 Å². The molecule has 1 fully saturated rings. The van der Waals surface area contributed by atoms with E-state index in [1.807, 2.05) is 11.9 Å². The molecule has 1 aliphatic rings. The minimum absolute atomic E-state index is 0.0214. The van der Waals surface area contributed by atoms with Crippen molar-refractivity contribution in [2.45, 2.75) is 12.5 Å². The third-order valence-corrected chi connectivity index (χ3v) is 3.50. The summed E-state index contributed by atoms with van der Waals surface area (Å²) in [6, 6.07) is 7.97. The molecule has 0 aliphatic carbocycles. The van der Waals surface area contributed by atoms with Crippen LogP contribution in [0.25, 0.3) is 0 Å². The van der Waals surface area contributed by atoms with E-state index in [-0.39, 0.29) is 5.56 Å². The van der Waals surface area contributed by atoms with Gasteiger partial charge in [-0.15, -0.1) is 0 Å². The van der Waals surface area contributed by atoms with Crippen molar-refractivity contribution in [1.29, 1.82) is 5.26 Å². The number of nitriles is 1. The van der Waals surface area contributed by atoms with Crippen LogP contribution in [0.4, 0.5) is 8.78 Å². The Morgan fingerprint density at radius 3 is 2.37 bits per heavy atom. The maximum absolute atomic E-state index is 12.7. The van der Waals surface area contributed by atoms with E-state index in [9.17, 15) is 14.0 Å². The molecule has 1 unspecified atom stereocenters. The minimum atomic E-state index is -2.49. The van der Waals surface area contributed by atoms with E-state index in [0.717, 1.165) is 26.2 Å². The summed E-state index contributed by atoms with van der Waals surface area (Å²) in [4.78, 5) is 4.24. The third-order valence-electron chi connectivity index (χ3n) is 3.50. The van der Waals surface area contributed by atoms with E-state index in [1.54, 1.807) is 12.1 Å². The minimum Gasteiger partial charge on any atom is -0.304 e. The van der Waals surface area contributed by atoms with Crippen LogP contribution in [0.1, 0.15) is 23.6 Å². The molecule has 1 aliphatic heterocycles. The molecular weight excluding hydrogens is 248 g/mol. The van der Waals surface area contributed by atoms with Gasteiger partial charge < -0.3 is 4.90 Å². The lowest BCUT2D eigenvalue weighted by Crippen LogP contribution is -2.45. The quantitative estimate of drug-likeness (QED) is 0.841. The summed E-state index contributed by atoms with van der Waals surface area (Å²) in [6.45, 7) is 3.36. The molecule has 3 nitrogen and oxygen atoms in total. The van der Waals surface area contributed by atoms with Crippen LogP contribution in [0.5, 0.6) is 0 Å². The first-order valence-corrected chi connectivity index (χ1v) is 6.32. The molecule has 1 aromatic carbocycles. The van der Waals surface area contributed by atoms with Crippen LogP contribution in [-0.4, -0.2) is 43.0 Å². The summed E-state index contributed by atoms with van der Waals surface area (Å²) >= 11 is 0. The Balaban J connectivity index is 2.18. The SMILES string of the molecule is CN1CCN(C(C#N)c2cccc(C(F)F)c2)CC1. The highest BCUT2D eigenvalue weighted by Gasteiger charge is 2.24. The van der Waals surface area contributed by atoms with Gasteiger partial charge in [0, 0.05) is 31.7 Å². The summed E-state index contributed by atoms with van der Waals surface area (Å²) in [5.74, 6) is 0. The molecule has 0 aromatic heterocycles. The predicted octanol–water partition coefficient (Wildman–Crippen LogP) is 2.44. The van der Waals surface area contributed by atoms with Crippen LogP contribution < -0.4 is 0 Å². The maximum Gasteiger partial charge on any atom is 0.263 e. The topological polar surface area (TPSA) is 30.3 Å². The van der Waals surface area contributed by atoms with E-state index in [4.69, 9.17) is 0 Å². The second-order valence-corrected chi connectivity index (χ2v) is 4.84. The first-order chi connectivity index (χ1) is 9.11. The fourth-order valence-electron chi connectivity index (χ4n) is 2.31. The van der Waals surface area contributed by atoms with Crippen LogP contribution in [-0.2, 0) is 0 Å². The molecule has 1 saturated heterocycles. The molecule has 102 valence electrons. The zero-order valence-electron chi connectivity index (χ0n) is 10.9. The molecule has 1 heterocycles. The highest BCUT2D eigenvalue weighted by atomic mass is 19.3. The molecule has 0 N–H and O–H groups in total. The summed E-state index contributed by atoms with van der Waals surface area (Å²) in [6.07, 6.45) is -2.49. The zero-order valence-corrected chi connectivity index (χ0v) is 10.9. The standard InChI is InChI=1S/C14H17F2N3/c1-18-5-7-19(8-6-18)13(10-17)11-3-2-4-12(9-11)14(15)16/h2-4,9,13-14H,5-8H2,1H3. The molecular formula is C14H17F2N3. The van der Waals surface area contributed by atoms with Gasteiger partial charge in [0.25, 0.3) is 6.43 Å². The Morgan fingerprint density at radius 2 is 1.79 bits per heavy atom. The van der Waals surface area contributed by atoms with Crippen molar-refractivity contribution < 1.29 is 8.78 Å². The number of halogens is 2. The van der Waals surface area contributed by atoms with E-state index in [2.05, 4.69) is 11.0 Å². The van der Waals surface area contributed by atoms with Gasteiger partial charge in [-0.1, -0.05) is 18.2 Å². The normalized spacial score (nSPS) is 19.3. The Morgan fingerprint density at radius 1 is 1.16 bits per heavy atom. The Labute approximate surface area is 112 Å². The first kappa shape index (κ1) is 13.9. The van der Waals surface area contributed by atoms with Crippen molar-refractivity contribution in [2.75, 3.05) is 33.2 Å². The Bertz CT molecular complexity index is 462. The maximum atomic E-state index is 12.7. The second kappa shape index (κ2) is 6.09. The molecule has 1 atom stereocenters. The second-order valence-electron chi connectivity index (χ2n) is 4.84. The molecule has 0 radical (unpaired) electrons. The molecule has 1 aromatic rings. The Hall–Kier alpha value is -1.51. The van der Waals surface area contributed by atoms with Gasteiger partial charge in [-0.05, 0) is 18.7 Å². The summed E-state index contributed by atoms with van der Waals surface area (Å²) in [5.41, 5.74) is 0.636. The summed E-state index contributed by atoms with van der Waals surface area (Å²) < 4.78 is 25.4. The number of nitrogens with zero attached hydrogens (tertiary/aromatic N) is 3. The summed E-state index contributed by atoms with van der Waals surface area (Å²) in [5, 5.41) is 9.33. The lowest BCUT2D eigenvalue weighted by molar-refractivity contribution is 0.132. The van der Waals surface area contributed by atoms with Crippen LogP contribution in [0.2, 0.25) is 0 Å². The number of piperazine rings is 1. The van der Waals surface area contributed by atoms with Crippen molar-refractivity contribution in [3.63, 3.8) is 0 Å². The van der Waals surface area contributed by atoms with Gasteiger partial charge in [0.05, 0.1) is 6.07 Å². The fraction of sp³-hybridized carbons (Fsp3) is 0.500. The molecule has 0 amide bonds. The van der Waals surface area contributed by atoms with E-state index < -0.39 is 12.5 Å². The highest BCUT2D eigenvalue weighted by Crippen LogP contribution is 2.26. The molecule has 2 rings (SSSR count). The van der Waals surface area contributed by atoms with Crippen molar-refractivity contribution in [3.05, 3.63) is 35.4 Å². The van der Waals surface area contributed by atoms with Crippen LogP contribution in [0.15, 0.2) is 24.3 Å². The fourth-order valence-corrected chi connectivity index (χ4v) is 2.31. The number of hydrogen-bond donors (Lipinski definition) is 0. The van der Waals surface area contributed by atoms with E-state index >= 15 is 0 Å². The van der Waals surface area contributed by atoms with Gasteiger partial charge in [0.2, 0.25) is 0 Å². The van der Waals surface area contributed by atoms with Gasteiger partial charge in [0.1, 0.15) is 6.04 Å². The lowest BCUT2D eigenvalue weighted by atomic mass is 10.0. The number of alkyl halides is 2. The van der Waals surface area contributed by atoms with Crippen molar-refractivity contribution >= 4 is 0 Å². The van der Waals surface area contributed by atoms with E-state index in [0.29, 0.717) is 5.56 Å². The number of rotatable bonds is 3. The van der Waals surface area contributed by atoms with Gasteiger partial charge >= 0.3 is 0 Å². The van der Waals surface area contributed by atoms with Gasteiger partial charge in [-0.25, -0.2) is 8.78 Å². The van der Waals surface area contributed by atoms with Crippen molar-refractivity contribution in [1.82, 2.24) is 9.80 Å². The smallest absolute Gasteiger partial charge is 0.263 e. The Kier molecular flexibility index (Phi) is 4.46. The molecule has 19 heavy (non-hydrogen) atoms. The predicted molar refractivity (Wildman–Crippen MR) is 68.8 cm³/mol.